The number of likely N-dealkylation sites (tertiary alicyclic amines) is 1. The van der Waals surface area contributed by atoms with Gasteiger partial charge in [0.25, 0.3) is 17.4 Å². The van der Waals surface area contributed by atoms with Gasteiger partial charge < -0.3 is 124 Å². The lowest BCUT2D eigenvalue weighted by Crippen LogP contribution is -2.82. The summed E-state index contributed by atoms with van der Waals surface area (Å²) in [6.07, 6.45) is -3.05. The maximum atomic E-state index is 15.2. The van der Waals surface area contributed by atoms with Crippen LogP contribution >= 0.6 is 21.6 Å². The van der Waals surface area contributed by atoms with Crippen LogP contribution in [0, 0.1) is 10.8 Å². The van der Waals surface area contributed by atoms with Gasteiger partial charge in [-0.25, -0.2) is 29.8 Å². The van der Waals surface area contributed by atoms with Gasteiger partial charge >= 0.3 is 41.9 Å². The van der Waals surface area contributed by atoms with Crippen molar-refractivity contribution in [2.45, 2.75) is 194 Å². The number of carboxylic acid groups (broad SMARTS) is 5. The van der Waals surface area contributed by atoms with E-state index in [-0.39, 0.29) is 47.9 Å². The molecule has 8 amide bonds. The van der Waals surface area contributed by atoms with Crippen LogP contribution in [0.3, 0.4) is 0 Å². The molecule has 25 N–H and O–H groups in total. The number of aliphatic carboxylic acids is 5. The van der Waals surface area contributed by atoms with E-state index in [0.717, 1.165) is 51.0 Å². The number of nitrogens with one attached hydrogen (secondary N) is 13. The van der Waals surface area contributed by atoms with Crippen LogP contribution in [-0.2, 0) is 85.4 Å². The van der Waals surface area contributed by atoms with Crippen molar-refractivity contribution < 1.29 is 122 Å². The maximum Gasteiger partial charge on any atom is 0.426 e. The number of H-pyrrole nitrogens is 2. The molecule has 1 aliphatic carbocycles. The van der Waals surface area contributed by atoms with Crippen LogP contribution in [0.4, 0.5) is 22.1 Å². The van der Waals surface area contributed by atoms with Crippen molar-refractivity contribution in [1.29, 1.82) is 5.41 Å². The lowest BCUT2D eigenvalue weighted by molar-refractivity contribution is -0.222. The molecule has 49 heteroatoms. The summed E-state index contributed by atoms with van der Waals surface area (Å²) < 4.78 is 17.2. The van der Waals surface area contributed by atoms with Crippen molar-refractivity contribution in [2.75, 3.05) is 94.6 Å². The summed E-state index contributed by atoms with van der Waals surface area (Å²) in [6, 6.07) is 3.42. The van der Waals surface area contributed by atoms with Gasteiger partial charge in [0.2, 0.25) is 35.5 Å². The Hall–Kier alpha value is -13.2. The number of hydrogen-bond donors (Lipinski definition) is 23. The van der Waals surface area contributed by atoms with Gasteiger partial charge in [-0.05, 0) is 138 Å². The number of benzene rings is 3. The average molecular weight is 1910 g/mol. The summed E-state index contributed by atoms with van der Waals surface area (Å²) in [5.41, 5.74) is 13.7. The Labute approximate surface area is 772 Å². The van der Waals surface area contributed by atoms with Gasteiger partial charge in [0.1, 0.15) is 60.6 Å². The van der Waals surface area contributed by atoms with E-state index in [1.807, 2.05) is 49.5 Å². The van der Waals surface area contributed by atoms with Crippen LogP contribution in [0.25, 0.3) is 22.1 Å². The van der Waals surface area contributed by atoms with Crippen LogP contribution in [0.5, 0.6) is 5.75 Å². The molecule has 3 aromatic carbocycles. The number of para-hydroxylation sites is 1. The van der Waals surface area contributed by atoms with Gasteiger partial charge in [-0.2, -0.15) is 4.98 Å². The molecular formula is C85H111N21O26S2. The average Bonchev–Trinajstić information content (AvgIpc) is 1.47. The number of rotatable bonds is 45. The summed E-state index contributed by atoms with van der Waals surface area (Å²) >= 11 is 0. The predicted molar refractivity (Wildman–Crippen MR) is 482 cm³/mol. The number of anilines is 3. The first-order valence-electron chi connectivity index (χ1n) is 43.3. The standard InChI is InChI=1S/C85H111N21O26S2/c1-6-82(128)23-11-27-105(41-82)29-22-46-45-13-8-9-14-49(45)94-63(46)62(74(124)131-5)47-33-48-56(37-57(47)130-4)104(3)76-84(48)25-30-106-28-12-24-83(7-2,75(84)106)77(125)85(76,129)78(126)102-103-81(127)132-31-32-133-134-40-55(73(122)123)99-70(118)54(36-61(112)113)98-69(117)53(35-60(110)111)97-67(115)50(15-10-26-89-79(86)87)95-68(116)52(34-59(108)109)93-58(107)21-20-51(72(120)121)96-66(114)42-16-18-43(19-17-42)90-38-44-39-91-65-64(92-44)71(119)101-80(88)100-65/h8-9,13-14,16-19,33,37,39,50-55,62,75-77,90,94,125,128-129H,6-7,10-12,15,20-32,34-36,38,40-41H2,1-5H3,(H,93,107)(H,95,116)(H,96,114)(H,97,115)(H,98,117)(H,99,118)(H,102,126)(H,103,127)(H,108,109)(H,110,111)(H,112,113)(H,120,121)(H,122,123)(H4,86,87,89)(H3,88,91,100,101,119)/t50-,51+,52+,53+,54+,55+,62+,75?,76-,77-,82+,83-,84-,85?/m1/s1. The molecular weight excluding hydrogens is 1800 g/mol. The number of aliphatic hydroxyl groups excluding tert-OH is 1. The topological polar surface area (TPSA) is 722 Å². The van der Waals surface area contributed by atoms with Crippen molar-refractivity contribution >= 4 is 150 Å². The Morgan fingerprint density at radius 3 is 1.99 bits per heavy atom. The number of piperidine rings is 2. The number of nitrogens with two attached hydrogens (primary N) is 2. The lowest BCUT2D eigenvalue weighted by atomic mass is 9.46. The van der Waals surface area contributed by atoms with E-state index in [4.69, 9.17) is 31.1 Å². The number of esters is 1. The Morgan fingerprint density at radius 2 is 1.36 bits per heavy atom. The number of carboxylic acids is 5. The molecule has 14 atom stereocenters. The molecule has 1 saturated carbocycles. The molecule has 6 aromatic rings. The number of methoxy groups -OCH3 is 2. The SMILES string of the molecule is CC[C@]1(O)CCCN(CCc2c([C@@H](C(=O)OC)c3cc4c(cc3OC)N(C)[C@H]3C(O)(C(=O)NNC(=O)OCCSSC[C@H](NC(=O)[C@H](CC(=O)O)NC(=O)[C@H](CC(=O)O)NC(=O)[C@@H](CCCNC(=N)N)NC(=O)[C@H](CC(=O)O)NC(=O)CC[C@H](NC(=O)c5ccc(NCc6cnc7nc(N)[nH]c(=O)c7n6)cc5)C(=O)O)C(=O)O)[C@H](O)[C@]5(CC)CCCN6CC[C@]43C65)[nH]c3ccccc23)C1. The molecule has 724 valence electrons. The minimum atomic E-state index is -2.69. The first-order chi connectivity index (χ1) is 63.7. The molecule has 1 spiro atoms. The number of amides is 8. The van der Waals surface area contributed by atoms with E-state index in [0.29, 0.717) is 111 Å². The fourth-order valence-corrected chi connectivity index (χ4v) is 21.0. The van der Waals surface area contributed by atoms with Crippen LogP contribution in [0.15, 0.2) is 71.7 Å². The first kappa shape index (κ1) is 101. The number of hydrazine groups is 1. The van der Waals surface area contributed by atoms with Crippen molar-refractivity contribution in [1.82, 2.24) is 82.8 Å². The number of carbonyl (C=O) groups excluding carboxylic acids is 9. The molecule has 2 unspecified atom stereocenters. The number of hydrogen-bond acceptors (Lipinski definition) is 32. The fraction of sp³-hybridized carbons (Fsp3) is 0.518. The molecule has 11 rings (SSSR count). The Morgan fingerprint density at radius 1 is 0.716 bits per heavy atom. The van der Waals surface area contributed by atoms with Crippen molar-refractivity contribution in [3.63, 3.8) is 0 Å². The number of aromatic amines is 2. The van der Waals surface area contributed by atoms with Gasteiger partial charge in [-0.1, -0.05) is 53.6 Å². The highest BCUT2D eigenvalue weighted by atomic mass is 33.1. The Bertz CT molecular complexity index is 5520. The summed E-state index contributed by atoms with van der Waals surface area (Å²) in [4.78, 5) is 225. The summed E-state index contributed by atoms with van der Waals surface area (Å²) in [5.74, 6) is -20.1. The molecule has 4 fully saturated rings. The van der Waals surface area contributed by atoms with Gasteiger partial charge in [-0.15, -0.1) is 0 Å². The number of ether oxygens (including phenoxy) is 3. The number of β-amino-alcohol motifs (C(OH)–C–C–N with tert-alkyl or cyclic N) is 1. The van der Waals surface area contributed by atoms with E-state index in [9.17, 15) is 108 Å². The van der Waals surface area contributed by atoms with Crippen LogP contribution in [-0.4, -0.2) is 309 Å². The minimum Gasteiger partial charge on any atom is -0.496 e. The second-order valence-electron chi connectivity index (χ2n) is 33.6. The zero-order valence-corrected chi connectivity index (χ0v) is 75.5. The predicted octanol–water partition coefficient (Wildman–Crippen LogP) is -1.09. The van der Waals surface area contributed by atoms with Crippen molar-refractivity contribution in [3.05, 3.63) is 111 Å². The third-order valence-electron chi connectivity index (χ3n) is 25.3. The smallest absolute Gasteiger partial charge is 0.426 e. The molecule has 5 aliphatic rings. The highest BCUT2D eigenvalue weighted by molar-refractivity contribution is 8.76. The third kappa shape index (κ3) is 23.0. The third-order valence-corrected chi connectivity index (χ3v) is 27.7. The van der Waals surface area contributed by atoms with Crippen LogP contribution in [0.1, 0.15) is 148 Å². The molecule has 47 nitrogen and oxygen atoms in total. The zero-order valence-electron chi connectivity index (χ0n) is 73.9. The lowest BCUT2D eigenvalue weighted by Gasteiger charge is -2.64. The number of nitrogen functional groups attached to an aromatic ring is 1. The summed E-state index contributed by atoms with van der Waals surface area (Å²) in [5, 5.41) is 115. The number of nitrogens with zero attached hydrogens (tertiary/aromatic N) is 6. The summed E-state index contributed by atoms with van der Waals surface area (Å²) in [7, 11) is 6.21. The quantitative estimate of drug-likeness (QED) is 0.00539. The molecule has 0 radical (unpaired) electrons. The van der Waals surface area contributed by atoms with Crippen molar-refractivity contribution in [2.24, 2.45) is 11.1 Å². The van der Waals surface area contributed by atoms with E-state index in [1.54, 1.807) is 18.0 Å². The number of aliphatic hydroxyl groups is 3. The van der Waals surface area contributed by atoms with Gasteiger partial charge in [-0.3, -0.25) is 78.3 Å². The Kier molecular flexibility index (Phi) is 33.3. The Balaban J connectivity index is 0.687. The minimum absolute atomic E-state index is 0.0227. The number of guanidine groups is 1. The highest BCUT2D eigenvalue weighted by Crippen LogP contribution is 2.68. The molecule has 0 bridgehead atoms. The van der Waals surface area contributed by atoms with E-state index in [1.165, 1.54) is 44.7 Å². The zero-order chi connectivity index (χ0) is 97.4. The molecule has 3 saturated heterocycles. The molecule has 4 aliphatic heterocycles. The molecule has 134 heavy (non-hydrogen) atoms. The number of aromatic nitrogens is 5. The summed E-state index contributed by atoms with van der Waals surface area (Å²) in [6.45, 7) is 6.37. The molecule has 7 heterocycles. The fourth-order valence-electron chi connectivity index (χ4n) is 19.1. The second-order valence-corrected chi connectivity index (χ2v) is 36.2. The maximum absolute atomic E-state index is 15.2. The number of carbonyl (C=O) groups is 14. The van der Waals surface area contributed by atoms with E-state index < -0.39 is 228 Å². The highest BCUT2D eigenvalue weighted by Gasteiger charge is 2.79. The van der Waals surface area contributed by atoms with Crippen LogP contribution < -0.4 is 80.0 Å². The normalized spacial score (nSPS) is 21.6. The second kappa shape index (κ2) is 44.1. The van der Waals surface area contributed by atoms with Gasteiger partial charge in [0, 0.05) is 107 Å². The van der Waals surface area contributed by atoms with E-state index in [2.05, 4.69) is 82.8 Å². The molecule has 3 aromatic heterocycles. The van der Waals surface area contributed by atoms with E-state index >= 15 is 4.79 Å². The number of likely N-dealkylation sites (N-methyl/N-ethyl adjacent to an activating group) is 1. The van der Waals surface area contributed by atoms with Crippen molar-refractivity contribution in [3.8, 4) is 5.75 Å². The monoisotopic (exact) mass is 1910 g/mol. The van der Waals surface area contributed by atoms with Crippen LogP contribution in [0.2, 0.25) is 0 Å². The largest absolute Gasteiger partial charge is 0.496 e. The van der Waals surface area contributed by atoms with Gasteiger partial charge in [0.05, 0.1) is 63.6 Å². The number of fused-ring (bicyclic) bond motifs is 3. The first-order valence-corrected chi connectivity index (χ1v) is 45.8. The van der Waals surface area contributed by atoms with Gasteiger partial charge in [0.15, 0.2) is 22.7 Å².